The van der Waals surface area contributed by atoms with Crippen molar-refractivity contribution >= 4 is 0 Å². The first kappa shape index (κ1) is 13.3. The lowest BCUT2D eigenvalue weighted by Gasteiger charge is -2.20. The van der Waals surface area contributed by atoms with Crippen LogP contribution in [0.2, 0.25) is 0 Å². The summed E-state index contributed by atoms with van der Waals surface area (Å²) in [6.07, 6.45) is 2.48. The number of benzene rings is 1. The molecule has 1 saturated carbocycles. The Morgan fingerprint density at radius 2 is 2.00 bits per heavy atom. The fourth-order valence-electron chi connectivity index (χ4n) is 1.94. The SMILES string of the molecule is CC(NCC1(C)CC1)c1ccccc1OC(F)F. The largest absolute Gasteiger partial charge is 0.434 e. The van der Waals surface area contributed by atoms with Gasteiger partial charge in [0.05, 0.1) is 0 Å². The van der Waals surface area contributed by atoms with Crippen molar-refractivity contribution in [2.45, 2.75) is 39.3 Å². The maximum absolute atomic E-state index is 12.3. The predicted octanol–water partition coefficient (Wildman–Crippen LogP) is 3.74. The third-order valence-corrected chi connectivity index (χ3v) is 3.54. The average Bonchev–Trinajstić information content (AvgIpc) is 3.05. The van der Waals surface area contributed by atoms with Crippen LogP contribution in [0.25, 0.3) is 0 Å². The van der Waals surface area contributed by atoms with Crippen molar-refractivity contribution in [1.82, 2.24) is 5.32 Å². The van der Waals surface area contributed by atoms with Gasteiger partial charge in [-0.3, -0.25) is 0 Å². The van der Waals surface area contributed by atoms with Crippen LogP contribution in [0.5, 0.6) is 5.75 Å². The number of rotatable bonds is 6. The highest BCUT2D eigenvalue weighted by Crippen LogP contribution is 2.44. The normalized spacial score (nSPS) is 18.7. The minimum atomic E-state index is -2.78. The van der Waals surface area contributed by atoms with Gasteiger partial charge in [-0.2, -0.15) is 8.78 Å². The zero-order valence-electron chi connectivity index (χ0n) is 10.7. The third-order valence-electron chi connectivity index (χ3n) is 3.54. The minimum absolute atomic E-state index is 0.0115. The molecule has 1 aromatic carbocycles. The minimum Gasteiger partial charge on any atom is -0.434 e. The molecule has 1 aliphatic carbocycles. The van der Waals surface area contributed by atoms with Gasteiger partial charge >= 0.3 is 6.61 Å². The van der Waals surface area contributed by atoms with E-state index in [-0.39, 0.29) is 11.8 Å². The zero-order valence-corrected chi connectivity index (χ0v) is 10.7. The molecule has 0 aromatic heterocycles. The van der Waals surface area contributed by atoms with Gasteiger partial charge in [-0.25, -0.2) is 0 Å². The first-order valence-electron chi connectivity index (χ1n) is 6.27. The second kappa shape index (κ2) is 5.22. The summed E-state index contributed by atoms with van der Waals surface area (Å²) in [4.78, 5) is 0. The molecule has 1 aliphatic rings. The van der Waals surface area contributed by atoms with Crippen molar-refractivity contribution < 1.29 is 13.5 Å². The van der Waals surface area contributed by atoms with Gasteiger partial charge in [-0.05, 0) is 31.2 Å². The molecule has 1 atom stereocenters. The lowest BCUT2D eigenvalue weighted by Crippen LogP contribution is -2.25. The second-order valence-corrected chi connectivity index (χ2v) is 5.33. The van der Waals surface area contributed by atoms with Crippen molar-refractivity contribution in [3.05, 3.63) is 29.8 Å². The highest BCUT2D eigenvalue weighted by molar-refractivity contribution is 5.35. The van der Waals surface area contributed by atoms with E-state index in [1.807, 2.05) is 19.1 Å². The lowest BCUT2D eigenvalue weighted by molar-refractivity contribution is -0.0506. The Bertz CT molecular complexity index is 405. The molecule has 0 spiro atoms. The summed E-state index contributed by atoms with van der Waals surface area (Å²) < 4.78 is 29.2. The Morgan fingerprint density at radius 3 is 2.61 bits per heavy atom. The molecule has 0 amide bonds. The molecule has 1 N–H and O–H groups in total. The van der Waals surface area contributed by atoms with E-state index >= 15 is 0 Å². The van der Waals surface area contributed by atoms with Crippen LogP contribution in [0, 0.1) is 5.41 Å². The summed E-state index contributed by atoms with van der Waals surface area (Å²) in [7, 11) is 0. The van der Waals surface area contributed by atoms with Gasteiger partial charge in [-0.15, -0.1) is 0 Å². The van der Waals surface area contributed by atoms with E-state index in [0.29, 0.717) is 5.41 Å². The van der Waals surface area contributed by atoms with E-state index in [0.717, 1.165) is 12.1 Å². The number of para-hydroxylation sites is 1. The van der Waals surface area contributed by atoms with Crippen molar-refractivity contribution in [2.75, 3.05) is 6.54 Å². The average molecular weight is 255 g/mol. The van der Waals surface area contributed by atoms with Crippen molar-refractivity contribution in [1.29, 1.82) is 0 Å². The summed E-state index contributed by atoms with van der Waals surface area (Å²) in [5, 5.41) is 3.39. The molecule has 4 heteroatoms. The fraction of sp³-hybridized carbons (Fsp3) is 0.571. The van der Waals surface area contributed by atoms with Gasteiger partial charge in [-0.1, -0.05) is 25.1 Å². The first-order valence-corrected chi connectivity index (χ1v) is 6.27. The molecule has 0 bridgehead atoms. The number of ether oxygens (including phenoxy) is 1. The molecule has 0 radical (unpaired) electrons. The van der Waals surface area contributed by atoms with E-state index < -0.39 is 6.61 Å². The van der Waals surface area contributed by atoms with E-state index in [1.54, 1.807) is 12.1 Å². The molecule has 1 aromatic rings. The molecule has 1 unspecified atom stereocenters. The molecule has 2 rings (SSSR count). The summed E-state index contributed by atoms with van der Waals surface area (Å²) >= 11 is 0. The van der Waals surface area contributed by atoms with Crippen LogP contribution in [0.1, 0.15) is 38.3 Å². The van der Waals surface area contributed by atoms with Crippen molar-refractivity contribution in [3.63, 3.8) is 0 Å². The van der Waals surface area contributed by atoms with Gasteiger partial charge in [0.2, 0.25) is 0 Å². The Labute approximate surface area is 106 Å². The van der Waals surface area contributed by atoms with Crippen LogP contribution >= 0.6 is 0 Å². The zero-order chi connectivity index (χ0) is 13.2. The molecule has 0 heterocycles. The van der Waals surface area contributed by atoms with Gasteiger partial charge in [0, 0.05) is 18.2 Å². The third kappa shape index (κ3) is 3.42. The number of hydrogen-bond acceptors (Lipinski definition) is 2. The maximum Gasteiger partial charge on any atom is 0.387 e. The molecular formula is C14H19F2NO. The fourth-order valence-corrected chi connectivity index (χ4v) is 1.94. The monoisotopic (exact) mass is 255 g/mol. The smallest absolute Gasteiger partial charge is 0.387 e. The van der Waals surface area contributed by atoms with E-state index in [2.05, 4.69) is 17.0 Å². The number of alkyl halides is 2. The van der Waals surface area contributed by atoms with Gasteiger partial charge in [0.25, 0.3) is 0 Å². The lowest BCUT2D eigenvalue weighted by atomic mass is 10.1. The molecule has 18 heavy (non-hydrogen) atoms. The standard InChI is InChI=1S/C14H19F2NO/c1-10(17-9-14(2)7-8-14)11-5-3-4-6-12(11)18-13(15)16/h3-6,10,13,17H,7-9H2,1-2H3. The maximum atomic E-state index is 12.3. The first-order chi connectivity index (χ1) is 8.50. The Hall–Kier alpha value is -1.16. The molecule has 1 fully saturated rings. The summed E-state index contributed by atoms with van der Waals surface area (Å²) in [5.74, 6) is 0.258. The van der Waals surface area contributed by atoms with Crippen molar-refractivity contribution in [3.8, 4) is 5.75 Å². The molecule has 0 saturated heterocycles. The number of nitrogens with one attached hydrogen (secondary N) is 1. The van der Waals surface area contributed by atoms with E-state index in [9.17, 15) is 8.78 Å². The van der Waals surface area contributed by atoms with Crippen LogP contribution in [-0.2, 0) is 0 Å². The van der Waals surface area contributed by atoms with Crippen molar-refractivity contribution in [2.24, 2.45) is 5.41 Å². The van der Waals surface area contributed by atoms with Crippen LogP contribution in [0.15, 0.2) is 24.3 Å². The Balaban J connectivity index is 2.01. The highest BCUT2D eigenvalue weighted by Gasteiger charge is 2.37. The van der Waals surface area contributed by atoms with Crippen LogP contribution < -0.4 is 10.1 Å². The van der Waals surface area contributed by atoms with E-state index in [1.165, 1.54) is 12.8 Å². The summed E-state index contributed by atoms with van der Waals surface area (Å²) in [5.41, 5.74) is 1.18. The predicted molar refractivity (Wildman–Crippen MR) is 66.8 cm³/mol. The molecule has 2 nitrogen and oxygen atoms in total. The molecule has 100 valence electrons. The summed E-state index contributed by atoms with van der Waals surface area (Å²) in [6, 6.07) is 6.96. The van der Waals surface area contributed by atoms with Gasteiger partial charge < -0.3 is 10.1 Å². The number of hydrogen-bond donors (Lipinski definition) is 1. The van der Waals surface area contributed by atoms with Gasteiger partial charge in [0.1, 0.15) is 5.75 Å². The number of halogens is 2. The Kier molecular flexibility index (Phi) is 3.85. The highest BCUT2D eigenvalue weighted by atomic mass is 19.3. The molecular weight excluding hydrogens is 236 g/mol. The van der Waals surface area contributed by atoms with E-state index in [4.69, 9.17) is 0 Å². The second-order valence-electron chi connectivity index (χ2n) is 5.33. The quantitative estimate of drug-likeness (QED) is 0.836. The van der Waals surface area contributed by atoms with Crippen LogP contribution in [0.4, 0.5) is 8.78 Å². The van der Waals surface area contributed by atoms with Gasteiger partial charge in [0.15, 0.2) is 0 Å². The Morgan fingerprint density at radius 1 is 1.33 bits per heavy atom. The van der Waals surface area contributed by atoms with Crippen LogP contribution in [-0.4, -0.2) is 13.2 Å². The van der Waals surface area contributed by atoms with Crippen LogP contribution in [0.3, 0.4) is 0 Å². The molecule has 0 aliphatic heterocycles. The summed E-state index contributed by atoms with van der Waals surface area (Å²) in [6.45, 7) is 2.34. The topological polar surface area (TPSA) is 21.3 Å².